The second kappa shape index (κ2) is 4.07. The third kappa shape index (κ3) is 2.89. The van der Waals surface area contributed by atoms with Crippen molar-refractivity contribution in [2.75, 3.05) is 6.61 Å². The van der Waals surface area contributed by atoms with E-state index in [2.05, 4.69) is 11.9 Å². The van der Waals surface area contributed by atoms with E-state index in [1.807, 2.05) is 0 Å². The van der Waals surface area contributed by atoms with Crippen LogP contribution in [0, 0.1) is 0 Å². The third-order valence-corrected chi connectivity index (χ3v) is 1.95. The fourth-order valence-corrected chi connectivity index (χ4v) is 1.22. The average Bonchev–Trinajstić information content (AvgIpc) is 2.47. The summed E-state index contributed by atoms with van der Waals surface area (Å²) in [5.41, 5.74) is 0.751. The number of carbonyl (C=O) groups is 2. The highest BCUT2D eigenvalue weighted by atomic mass is 16.5. The molecule has 1 atom stereocenters. The van der Waals surface area contributed by atoms with Gasteiger partial charge in [0.1, 0.15) is 6.61 Å². The third-order valence-electron chi connectivity index (χ3n) is 1.95. The molecule has 1 heterocycles. The van der Waals surface area contributed by atoms with Gasteiger partial charge in [0.2, 0.25) is 5.91 Å². The van der Waals surface area contributed by atoms with Gasteiger partial charge in [0.25, 0.3) is 0 Å². The van der Waals surface area contributed by atoms with Crippen molar-refractivity contribution in [1.82, 2.24) is 5.32 Å². The molecule has 4 heteroatoms. The zero-order valence-corrected chi connectivity index (χ0v) is 7.63. The Balaban J connectivity index is 2.31. The Kier molecular flexibility index (Phi) is 3.06. The molecule has 1 unspecified atom stereocenters. The van der Waals surface area contributed by atoms with Gasteiger partial charge >= 0.3 is 5.97 Å². The first-order valence-electron chi connectivity index (χ1n) is 4.20. The minimum atomic E-state index is -0.328. The molecule has 1 saturated heterocycles. The van der Waals surface area contributed by atoms with E-state index in [-0.39, 0.29) is 24.5 Å². The summed E-state index contributed by atoms with van der Waals surface area (Å²) in [4.78, 5) is 21.3. The van der Waals surface area contributed by atoms with Crippen molar-refractivity contribution < 1.29 is 14.3 Å². The number of esters is 1. The Morgan fingerprint density at radius 2 is 2.46 bits per heavy atom. The van der Waals surface area contributed by atoms with E-state index in [4.69, 9.17) is 4.74 Å². The van der Waals surface area contributed by atoms with Gasteiger partial charge in [-0.1, -0.05) is 6.58 Å². The molecule has 0 aromatic carbocycles. The highest BCUT2D eigenvalue weighted by Gasteiger charge is 2.23. The number of carbonyl (C=O) groups excluding carboxylic acids is 2. The van der Waals surface area contributed by atoms with Gasteiger partial charge in [0.05, 0.1) is 6.04 Å². The van der Waals surface area contributed by atoms with Crippen molar-refractivity contribution in [3.8, 4) is 0 Å². The van der Waals surface area contributed by atoms with Gasteiger partial charge in [-0.3, -0.25) is 9.59 Å². The minimum absolute atomic E-state index is 0.0214. The van der Waals surface area contributed by atoms with Crippen LogP contribution in [0.3, 0.4) is 0 Å². The fourth-order valence-electron chi connectivity index (χ4n) is 1.22. The first-order valence-corrected chi connectivity index (χ1v) is 4.20. The predicted molar refractivity (Wildman–Crippen MR) is 46.9 cm³/mol. The Hall–Kier alpha value is -1.32. The van der Waals surface area contributed by atoms with Crippen LogP contribution in [0.2, 0.25) is 0 Å². The van der Waals surface area contributed by atoms with Crippen LogP contribution >= 0.6 is 0 Å². The minimum Gasteiger partial charge on any atom is -0.461 e. The number of hydrogen-bond acceptors (Lipinski definition) is 3. The molecule has 0 aromatic heterocycles. The molecule has 13 heavy (non-hydrogen) atoms. The maximum atomic E-state index is 10.8. The van der Waals surface area contributed by atoms with Crippen LogP contribution in [-0.4, -0.2) is 24.5 Å². The molecular formula is C9H13NO3. The van der Waals surface area contributed by atoms with E-state index in [0.717, 1.165) is 12.0 Å². The lowest BCUT2D eigenvalue weighted by Crippen LogP contribution is -2.28. The molecule has 0 aromatic rings. The maximum absolute atomic E-state index is 10.8. The summed E-state index contributed by atoms with van der Waals surface area (Å²) in [6, 6.07) is -0.0214. The van der Waals surface area contributed by atoms with E-state index in [1.54, 1.807) is 0 Å². The monoisotopic (exact) mass is 183 g/mol. The highest BCUT2D eigenvalue weighted by molar-refractivity contribution is 5.79. The smallest absolute Gasteiger partial charge is 0.302 e. The molecule has 0 radical (unpaired) electrons. The summed E-state index contributed by atoms with van der Waals surface area (Å²) in [5.74, 6) is -0.292. The summed E-state index contributed by atoms with van der Waals surface area (Å²) in [6.45, 7) is 5.29. The quantitative estimate of drug-likeness (QED) is 0.508. The largest absolute Gasteiger partial charge is 0.461 e. The number of rotatable bonds is 3. The van der Waals surface area contributed by atoms with Crippen molar-refractivity contribution in [3.63, 3.8) is 0 Å². The second-order valence-corrected chi connectivity index (χ2v) is 3.10. The zero-order valence-electron chi connectivity index (χ0n) is 7.63. The lowest BCUT2D eigenvalue weighted by molar-refractivity contribution is -0.140. The van der Waals surface area contributed by atoms with Crippen molar-refractivity contribution in [2.45, 2.75) is 25.8 Å². The number of hydrogen-bond donors (Lipinski definition) is 1. The molecule has 1 amide bonds. The Bertz CT molecular complexity index is 247. The molecule has 0 saturated carbocycles. The lowest BCUT2D eigenvalue weighted by atomic mass is 10.1. The van der Waals surface area contributed by atoms with E-state index in [9.17, 15) is 9.59 Å². The number of amides is 1. The van der Waals surface area contributed by atoms with Gasteiger partial charge in [-0.25, -0.2) is 0 Å². The van der Waals surface area contributed by atoms with E-state index >= 15 is 0 Å². The van der Waals surface area contributed by atoms with E-state index < -0.39 is 0 Å². The van der Waals surface area contributed by atoms with Gasteiger partial charge in [0.15, 0.2) is 0 Å². The highest BCUT2D eigenvalue weighted by Crippen LogP contribution is 2.13. The molecule has 0 spiro atoms. The van der Waals surface area contributed by atoms with Gasteiger partial charge in [0, 0.05) is 13.3 Å². The van der Waals surface area contributed by atoms with E-state index in [0.29, 0.717) is 6.42 Å². The summed E-state index contributed by atoms with van der Waals surface area (Å²) >= 11 is 0. The van der Waals surface area contributed by atoms with Crippen LogP contribution in [0.25, 0.3) is 0 Å². The second-order valence-electron chi connectivity index (χ2n) is 3.10. The van der Waals surface area contributed by atoms with Crippen molar-refractivity contribution >= 4 is 11.9 Å². The summed E-state index contributed by atoms with van der Waals surface area (Å²) < 4.78 is 4.76. The average molecular weight is 183 g/mol. The number of ether oxygens (including phenoxy) is 1. The summed E-state index contributed by atoms with van der Waals surface area (Å²) in [7, 11) is 0. The van der Waals surface area contributed by atoms with Crippen molar-refractivity contribution in [3.05, 3.63) is 12.2 Å². The van der Waals surface area contributed by atoms with Gasteiger partial charge in [-0.2, -0.15) is 0 Å². The molecule has 1 rings (SSSR count). The maximum Gasteiger partial charge on any atom is 0.302 e. The number of nitrogens with one attached hydrogen (secondary N) is 1. The SMILES string of the molecule is C=C(COC(C)=O)C1CCC(=O)N1. The molecular weight excluding hydrogens is 170 g/mol. The Morgan fingerprint density at radius 1 is 1.77 bits per heavy atom. The zero-order chi connectivity index (χ0) is 9.84. The van der Waals surface area contributed by atoms with Crippen LogP contribution in [0.15, 0.2) is 12.2 Å². The summed E-state index contributed by atoms with van der Waals surface area (Å²) in [5, 5.41) is 2.75. The molecule has 4 nitrogen and oxygen atoms in total. The molecule has 1 N–H and O–H groups in total. The van der Waals surface area contributed by atoms with Gasteiger partial charge < -0.3 is 10.1 Å². The first kappa shape index (κ1) is 9.77. The van der Waals surface area contributed by atoms with Crippen LogP contribution in [0.5, 0.6) is 0 Å². The predicted octanol–water partition coefficient (Wildman–Crippen LogP) is 0.384. The van der Waals surface area contributed by atoms with Crippen molar-refractivity contribution in [1.29, 1.82) is 0 Å². The molecule has 72 valence electrons. The van der Waals surface area contributed by atoms with E-state index in [1.165, 1.54) is 6.92 Å². The molecule has 0 bridgehead atoms. The molecule has 1 aliphatic heterocycles. The van der Waals surface area contributed by atoms with Crippen LogP contribution in [0.4, 0.5) is 0 Å². The van der Waals surface area contributed by atoms with Crippen LogP contribution < -0.4 is 5.32 Å². The lowest BCUT2D eigenvalue weighted by Gasteiger charge is -2.12. The van der Waals surface area contributed by atoms with Gasteiger partial charge in [-0.05, 0) is 12.0 Å². The topological polar surface area (TPSA) is 55.4 Å². The summed E-state index contributed by atoms with van der Waals surface area (Å²) in [6.07, 6.45) is 1.28. The normalized spacial score (nSPS) is 21.0. The standard InChI is InChI=1S/C9H13NO3/c1-6(5-13-7(2)11)8-3-4-9(12)10-8/h8H,1,3-5H2,2H3,(H,10,12). The van der Waals surface area contributed by atoms with Crippen molar-refractivity contribution in [2.24, 2.45) is 0 Å². The molecule has 1 aliphatic rings. The first-order chi connectivity index (χ1) is 6.09. The Morgan fingerprint density at radius 3 is 2.92 bits per heavy atom. The molecule has 0 aliphatic carbocycles. The molecule has 1 fully saturated rings. The Labute approximate surface area is 76.9 Å². The van der Waals surface area contributed by atoms with Crippen LogP contribution in [-0.2, 0) is 14.3 Å². The van der Waals surface area contributed by atoms with Crippen LogP contribution in [0.1, 0.15) is 19.8 Å². The fraction of sp³-hybridized carbons (Fsp3) is 0.556. The van der Waals surface area contributed by atoms with Gasteiger partial charge in [-0.15, -0.1) is 0 Å².